The lowest BCUT2D eigenvalue weighted by molar-refractivity contribution is -0.119. The number of anilines is 4. The number of aromatic nitrogens is 3. The number of carbonyl (C=O) groups is 1. The lowest BCUT2D eigenvalue weighted by atomic mass is 9.86. The molecule has 8 heteroatoms. The molecule has 1 amide bonds. The summed E-state index contributed by atoms with van der Waals surface area (Å²) >= 11 is 0. The minimum absolute atomic E-state index is 0.0171. The molecule has 2 aromatic heterocycles. The van der Waals surface area contributed by atoms with Crippen molar-refractivity contribution in [3.63, 3.8) is 0 Å². The summed E-state index contributed by atoms with van der Waals surface area (Å²) < 4.78 is 1.83. The predicted molar refractivity (Wildman–Crippen MR) is 114 cm³/mol. The van der Waals surface area contributed by atoms with Crippen LogP contribution in [0.5, 0.6) is 0 Å². The van der Waals surface area contributed by atoms with E-state index in [9.17, 15) is 4.79 Å². The van der Waals surface area contributed by atoms with Crippen molar-refractivity contribution in [2.45, 2.75) is 38.1 Å². The summed E-state index contributed by atoms with van der Waals surface area (Å²) in [6.45, 7) is 5.90. The van der Waals surface area contributed by atoms with Crippen LogP contribution in [0.1, 0.15) is 32.3 Å². The van der Waals surface area contributed by atoms with Crippen LogP contribution < -0.4 is 21.3 Å². The van der Waals surface area contributed by atoms with E-state index in [1.165, 1.54) is 6.42 Å². The van der Waals surface area contributed by atoms with Gasteiger partial charge in [-0.05, 0) is 63.1 Å². The molecule has 0 aliphatic carbocycles. The van der Waals surface area contributed by atoms with Crippen molar-refractivity contribution in [2.24, 2.45) is 0 Å². The molecule has 29 heavy (non-hydrogen) atoms. The van der Waals surface area contributed by atoms with Gasteiger partial charge in [0, 0.05) is 24.0 Å². The SMILES string of the molecule is CC1(C)C(=O)Nc2cc(Nc3nc4cccc(N[C@H]5CCCNC5)n4n3)ccc21. The van der Waals surface area contributed by atoms with Gasteiger partial charge in [-0.25, -0.2) is 0 Å². The lowest BCUT2D eigenvalue weighted by Crippen LogP contribution is -2.38. The molecule has 0 unspecified atom stereocenters. The molecule has 8 nitrogen and oxygen atoms in total. The van der Waals surface area contributed by atoms with Gasteiger partial charge < -0.3 is 21.3 Å². The molecule has 0 radical (unpaired) electrons. The van der Waals surface area contributed by atoms with Crippen molar-refractivity contribution < 1.29 is 4.79 Å². The Hall–Kier alpha value is -3.13. The maximum absolute atomic E-state index is 12.2. The number of hydrogen-bond acceptors (Lipinski definition) is 6. The van der Waals surface area contributed by atoms with E-state index >= 15 is 0 Å². The van der Waals surface area contributed by atoms with Crippen molar-refractivity contribution in [1.82, 2.24) is 19.9 Å². The smallest absolute Gasteiger partial charge is 0.247 e. The van der Waals surface area contributed by atoms with Gasteiger partial charge in [0.2, 0.25) is 11.9 Å². The Morgan fingerprint density at radius 2 is 2.14 bits per heavy atom. The van der Waals surface area contributed by atoms with E-state index in [1.54, 1.807) is 0 Å². The first-order valence-corrected chi connectivity index (χ1v) is 10.1. The number of piperidine rings is 1. The van der Waals surface area contributed by atoms with Gasteiger partial charge in [-0.15, -0.1) is 5.10 Å². The van der Waals surface area contributed by atoms with Crippen LogP contribution >= 0.6 is 0 Å². The molecule has 2 aliphatic rings. The molecule has 2 aliphatic heterocycles. The summed E-state index contributed by atoms with van der Waals surface area (Å²) in [5, 5.41) is 17.8. The van der Waals surface area contributed by atoms with Gasteiger partial charge >= 0.3 is 0 Å². The second-order valence-electron chi connectivity index (χ2n) is 8.27. The van der Waals surface area contributed by atoms with E-state index in [-0.39, 0.29) is 5.91 Å². The zero-order chi connectivity index (χ0) is 20.0. The minimum Gasteiger partial charge on any atom is -0.366 e. The largest absolute Gasteiger partial charge is 0.366 e. The average Bonchev–Trinajstić information content (AvgIpc) is 3.21. The summed E-state index contributed by atoms with van der Waals surface area (Å²) in [5.41, 5.74) is 2.94. The Morgan fingerprint density at radius 3 is 2.97 bits per heavy atom. The molecule has 0 bridgehead atoms. The van der Waals surface area contributed by atoms with Crippen LogP contribution in [0.4, 0.5) is 23.1 Å². The zero-order valence-corrected chi connectivity index (χ0v) is 16.6. The quantitative estimate of drug-likeness (QED) is 0.546. The molecule has 1 atom stereocenters. The van der Waals surface area contributed by atoms with Crippen LogP contribution in [-0.2, 0) is 10.2 Å². The summed E-state index contributed by atoms with van der Waals surface area (Å²) in [7, 11) is 0. The van der Waals surface area contributed by atoms with E-state index in [4.69, 9.17) is 0 Å². The molecule has 0 spiro atoms. The molecule has 1 aromatic carbocycles. The number of pyridine rings is 1. The first-order chi connectivity index (χ1) is 14.0. The number of nitrogens with one attached hydrogen (secondary N) is 4. The van der Waals surface area contributed by atoms with Crippen LogP contribution in [0.25, 0.3) is 5.65 Å². The Bertz CT molecular complexity index is 1080. The van der Waals surface area contributed by atoms with Crippen molar-refractivity contribution in [1.29, 1.82) is 0 Å². The van der Waals surface area contributed by atoms with Gasteiger partial charge in [0.15, 0.2) is 5.65 Å². The summed E-state index contributed by atoms with van der Waals surface area (Å²) in [5.74, 6) is 1.47. The molecular weight excluding hydrogens is 366 g/mol. The molecule has 1 saturated heterocycles. The van der Waals surface area contributed by atoms with E-state index in [0.717, 1.165) is 47.9 Å². The predicted octanol–water partition coefficient (Wildman–Crippen LogP) is 2.87. The standard InChI is InChI=1S/C21H25N7O/c1-21(2)15-9-8-13(11-16(15)25-19(21)29)24-20-26-18-7-3-6-17(28(18)27-20)23-14-5-4-10-22-12-14/h3,6-9,11,14,22-23H,4-5,10,12H2,1-2H3,(H,24,27)(H,25,29)/t14-/m0/s1. The fraction of sp³-hybridized carbons (Fsp3) is 0.381. The number of carbonyl (C=O) groups excluding carboxylic acids is 1. The monoisotopic (exact) mass is 391 g/mol. The topological polar surface area (TPSA) is 95.4 Å². The first-order valence-electron chi connectivity index (χ1n) is 10.1. The number of rotatable bonds is 4. The molecule has 3 aromatic rings. The third-order valence-electron chi connectivity index (χ3n) is 5.77. The Kier molecular flexibility index (Phi) is 4.16. The van der Waals surface area contributed by atoms with Crippen molar-refractivity contribution >= 4 is 34.7 Å². The molecule has 1 fully saturated rings. The highest BCUT2D eigenvalue weighted by atomic mass is 16.2. The molecular formula is C21H25N7O. The second kappa shape index (κ2) is 6.73. The zero-order valence-electron chi connectivity index (χ0n) is 16.6. The van der Waals surface area contributed by atoms with Crippen LogP contribution in [0.3, 0.4) is 0 Å². The van der Waals surface area contributed by atoms with E-state index in [2.05, 4.69) is 31.3 Å². The molecule has 4 N–H and O–H groups in total. The third kappa shape index (κ3) is 3.19. The van der Waals surface area contributed by atoms with Gasteiger partial charge in [0.1, 0.15) is 5.82 Å². The fourth-order valence-electron chi connectivity index (χ4n) is 4.05. The second-order valence-corrected chi connectivity index (χ2v) is 8.27. The van der Waals surface area contributed by atoms with Crippen molar-refractivity contribution in [3.8, 4) is 0 Å². The Labute approximate surface area is 169 Å². The highest BCUT2D eigenvalue weighted by Crippen LogP contribution is 2.38. The number of benzene rings is 1. The normalized spacial score (nSPS) is 20.3. The number of amides is 1. The van der Waals surface area contributed by atoms with Crippen molar-refractivity contribution in [3.05, 3.63) is 42.0 Å². The van der Waals surface area contributed by atoms with Crippen LogP contribution in [0, 0.1) is 0 Å². The number of nitrogens with zero attached hydrogens (tertiary/aromatic N) is 3. The Balaban J connectivity index is 1.40. The van der Waals surface area contributed by atoms with E-state index in [0.29, 0.717) is 12.0 Å². The van der Waals surface area contributed by atoms with Gasteiger partial charge in [-0.2, -0.15) is 9.50 Å². The summed E-state index contributed by atoms with van der Waals surface area (Å²) in [6.07, 6.45) is 2.31. The maximum atomic E-state index is 12.2. The minimum atomic E-state index is -0.510. The lowest BCUT2D eigenvalue weighted by Gasteiger charge is -2.24. The first kappa shape index (κ1) is 17.9. The highest BCUT2D eigenvalue weighted by molar-refractivity contribution is 6.06. The number of hydrogen-bond donors (Lipinski definition) is 4. The third-order valence-corrected chi connectivity index (χ3v) is 5.77. The molecule has 0 saturated carbocycles. The van der Waals surface area contributed by atoms with E-state index < -0.39 is 5.41 Å². The molecule has 4 heterocycles. The average molecular weight is 391 g/mol. The number of fused-ring (bicyclic) bond motifs is 2. The Morgan fingerprint density at radius 1 is 1.24 bits per heavy atom. The van der Waals surface area contributed by atoms with E-state index in [1.807, 2.05) is 54.8 Å². The summed E-state index contributed by atoms with van der Waals surface area (Å²) in [6, 6.07) is 12.2. The van der Waals surface area contributed by atoms with Crippen LogP contribution in [-0.4, -0.2) is 39.6 Å². The highest BCUT2D eigenvalue weighted by Gasteiger charge is 2.38. The van der Waals surface area contributed by atoms with Gasteiger partial charge in [-0.1, -0.05) is 12.1 Å². The van der Waals surface area contributed by atoms with Gasteiger partial charge in [0.05, 0.1) is 5.41 Å². The van der Waals surface area contributed by atoms with Gasteiger partial charge in [0.25, 0.3) is 0 Å². The van der Waals surface area contributed by atoms with Crippen LogP contribution in [0.2, 0.25) is 0 Å². The summed E-state index contributed by atoms with van der Waals surface area (Å²) in [4.78, 5) is 16.8. The van der Waals surface area contributed by atoms with Crippen molar-refractivity contribution in [2.75, 3.05) is 29.0 Å². The molecule has 150 valence electrons. The molecule has 5 rings (SSSR count). The fourth-order valence-corrected chi connectivity index (χ4v) is 4.05. The van der Waals surface area contributed by atoms with Crippen LogP contribution in [0.15, 0.2) is 36.4 Å². The van der Waals surface area contributed by atoms with Gasteiger partial charge in [-0.3, -0.25) is 4.79 Å². The maximum Gasteiger partial charge on any atom is 0.247 e.